The standard InChI is InChI=1S/C25H25ClN2O5/c1-3-31-24-14-19(10-13-23(24)32-16-18-8-11-20(26)12-9-18)15-27-28-25(29)17-33-22-7-5-4-6-21(22)30-2/h4-15H,3,16-17H2,1-2H3,(H,28,29)/b27-15+. The maximum Gasteiger partial charge on any atom is 0.277 e. The predicted molar refractivity (Wildman–Crippen MR) is 128 cm³/mol. The molecule has 1 N–H and O–H groups in total. The minimum Gasteiger partial charge on any atom is -0.493 e. The minimum absolute atomic E-state index is 0.195. The summed E-state index contributed by atoms with van der Waals surface area (Å²) in [6, 6.07) is 20.0. The Morgan fingerprint density at radius 2 is 1.67 bits per heavy atom. The van der Waals surface area contributed by atoms with Crippen LogP contribution in [0.3, 0.4) is 0 Å². The lowest BCUT2D eigenvalue weighted by Gasteiger charge is -2.12. The van der Waals surface area contributed by atoms with Gasteiger partial charge in [0.15, 0.2) is 29.6 Å². The molecule has 0 atom stereocenters. The molecular weight excluding hydrogens is 444 g/mol. The Labute approximate surface area is 197 Å². The molecule has 0 saturated carbocycles. The summed E-state index contributed by atoms with van der Waals surface area (Å²) in [5.41, 5.74) is 4.17. The SMILES string of the molecule is CCOc1cc(/C=N/NC(=O)COc2ccccc2OC)ccc1OCc1ccc(Cl)cc1. The summed E-state index contributed by atoms with van der Waals surface area (Å²) in [6.07, 6.45) is 1.52. The molecule has 7 nitrogen and oxygen atoms in total. The van der Waals surface area contributed by atoms with Gasteiger partial charge in [-0.05, 0) is 60.5 Å². The molecule has 0 heterocycles. The van der Waals surface area contributed by atoms with Crippen molar-refractivity contribution in [3.8, 4) is 23.0 Å². The highest BCUT2D eigenvalue weighted by Gasteiger charge is 2.08. The van der Waals surface area contributed by atoms with Crippen molar-refractivity contribution in [3.05, 3.63) is 82.9 Å². The number of methoxy groups -OCH3 is 1. The molecule has 0 aliphatic rings. The molecule has 3 aromatic carbocycles. The van der Waals surface area contributed by atoms with Crippen LogP contribution >= 0.6 is 11.6 Å². The zero-order valence-corrected chi connectivity index (χ0v) is 19.2. The van der Waals surface area contributed by atoms with Crippen LogP contribution in [0.1, 0.15) is 18.1 Å². The first kappa shape index (κ1) is 23.9. The third kappa shape index (κ3) is 7.43. The van der Waals surface area contributed by atoms with E-state index in [2.05, 4.69) is 10.5 Å². The van der Waals surface area contributed by atoms with E-state index in [1.165, 1.54) is 13.3 Å². The third-order valence-corrected chi connectivity index (χ3v) is 4.66. The smallest absolute Gasteiger partial charge is 0.277 e. The fraction of sp³-hybridized carbons (Fsp3) is 0.200. The number of rotatable bonds is 11. The Bertz CT molecular complexity index is 1090. The minimum atomic E-state index is -0.398. The van der Waals surface area contributed by atoms with Crippen LogP contribution in [0, 0.1) is 0 Å². The van der Waals surface area contributed by atoms with Gasteiger partial charge in [0.1, 0.15) is 6.61 Å². The van der Waals surface area contributed by atoms with Gasteiger partial charge in [0, 0.05) is 5.02 Å². The van der Waals surface area contributed by atoms with Gasteiger partial charge in [0.05, 0.1) is 19.9 Å². The van der Waals surface area contributed by atoms with Gasteiger partial charge in [-0.3, -0.25) is 4.79 Å². The highest BCUT2D eigenvalue weighted by Crippen LogP contribution is 2.29. The molecule has 0 fully saturated rings. The van der Waals surface area contributed by atoms with Crippen LogP contribution in [0.25, 0.3) is 0 Å². The van der Waals surface area contributed by atoms with Gasteiger partial charge in [0.2, 0.25) is 0 Å². The summed E-state index contributed by atoms with van der Waals surface area (Å²) in [7, 11) is 1.54. The molecule has 0 spiro atoms. The second-order valence-electron chi connectivity index (χ2n) is 6.79. The largest absolute Gasteiger partial charge is 0.493 e. The average Bonchev–Trinajstić information content (AvgIpc) is 2.83. The van der Waals surface area contributed by atoms with Crippen LogP contribution in [0.2, 0.25) is 5.02 Å². The number of amides is 1. The molecule has 0 aliphatic carbocycles. The van der Waals surface area contributed by atoms with E-state index in [1.807, 2.05) is 43.3 Å². The Morgan fingerprint density at radius 1 is 0.939 bits per heavy atom. The number of hydrogen-bond donors (Lipinski definition) is 1. The molecule has 0 bridgehead atoms. The number of para-hydroxylation sites is 2. The lowest BCUT2D eigenvalue weighted by Crippen LogP contribution is -2.24. The van der Waals surface area contributed by atoms with E-state index in [0.717, 1.165) is 11.1 Å². The molecular formula is C25H25ClN2O5. The Kier molecular flexibility index (Phi) is 8.97. The van der Waals surface area contributed by atoms with E-state index in [9.17, 15) is 4.79 Å². The van der Waals surface area contributed by atoms with Crippen molar-refractivity contribution in [1.82, 2.24) is 5.43 Å². The molecule has 3 rings (SSSR count). The summed E-state index contributed by atoms with van der Waals surface area (Å²) in [5, 5.41) is 4.66. The number of hydrogen-bond acceptors (Lipinski definition) is 6. The number of halogens is 1. The van der Waals surface area contributed by atoms with Crippen molar-refractivity contribution < 1.29 is 23.7 Å². The molecule has 3 aromatic rings. The van der Waals surface area contributed by atoms with Gasteiger partial charge in [-0.2, -0.15) is 5.10 Å². The fourth-order valence-electron chi connectivity index (χ4n) is 2.83. The van der Waals surface area contributed by atoms with Crippen molar-refractivity contribution in [2.45, 2.75) is 13.5 Å². The maximum atomic E-state index is 12.0. The van der Waals surface area contributed by atoms with E-state index < -0.39 is 5.91 Å². The Morgan fingerprint density at radius 3 is 2.39 bits per heavy atom. The van der Waals surface area contributed by atoms with Crippen LogP contribution in [0.15, 0.2) is 71.8 Å². The van der Waals surface area contributed by atoms with Crippen molar-refractivity contribution in [3.63, 3.8) is 0 Å². The molecule has 0 radical (unpaired) electrons. The number of hydrazone groups is 1. The van der Waals surface area contributed by atoms with Crippen LogP contribution in [-0.2, 0) is 11.4 Å². The second kappa shape index (κ2) is 12.4. The van der Waals surface area contributed by atoms with Gasteiger partial charge in [-0.15, -0.1) is 0 Å². The normalized spacial score (nSPS) is 10.6. The molecule has 0 aliphatic heterocycles. The topological polar surface area (TPSA) is 78.4 Å². The van der Waals surface area contributed by atoms with Gasteiger partial charge >= 0.3 is 0 Å². The molecule has 8 heteroatoms. The highest BCUT2D eigenvalue weighted by atomic mass is 35.5. The summed E-state index contributed by atoms with van der Waals surface area (Å²) < 4.78 is 22.3. The molecule has 0 saturated heterocycles. The average molecular weight is 469 g/mol. The molecule has 172 valence electrons. The number of ether oxygens (including phenoxy) is 4. The van der Waals surface area contributed by atoms with Gasteiger partial charge in [0.25, 0.3) is 5.91 Å². The first-order valence-corrected chi connectivity index (χ1v) is 10.7. The molecule has 0 unspecified atom stereocenters. The number of carbonyl (C=O) groups is 1. The van der Waals surface area contributed by atoms with Crippen LogP contribution in [0.4, 0.5) is 0 Å². The molecule has 0 aromatic heterocycles. The van der Waals surface area contributed by atoms with E-state index in [1.54, 1.807) is 30.3 Å². The zero-order chi connectivity index (χ0) is 23.5. The maximum absolute atomic E-state index is 12.0. The van der Waals surface area contributed by atoms with Gasteiger partial charge < -0.3 is 18.9 Å². The van der Waals surface area contributed by atoms with E-state index in [4.69, 9.17) is 30.5 Å². The number of nitrogens with one attached hydrogen (secondary N) is 1. The second-order valence-corrected chi connectivity index (χ2v) is 7.22. The summed E-state index contributed by atoms with van der Waals surface area (Å²) >= 11 is 5.92. The Balaban J connectivity index is 1.55. The highest BCUT2D eigenvalue weighted by molar-refractivity contribution is 6.30. The van der Waals surface area contributed by atoms with Crippen molar-refractivity contribution in [1.29, 1.82) is 0 Å². The first-order valence-electron chi connectivity index (χ1n) is 10.3. The van der Waals surface area contributed by atoms with Crippen LogP contribution in [0.5, 0.6) is 23.0 Å². The summed E-state index contributed by atoms with van der Waals surface area (Å²) in [5.74, 6) is 1.83. The lowest BCUT2D eigenvalue weighted by atomic mass is 10.2. The Hall–Kier alpha value is -3.71. The van der Waals surface area contributed by atoms with E-state index in [-0.39, 0.29) is 6.61 Å². The summed E-state index contributed by atoms with van der Waals surface area (Å²) in [6.45, 7) is 2.56. The van der Waals surface area contributed by atoms with Gasteiger partial charge in [-0.1, -0.05) is 35.9 Å². The van der Waals surface area contributed by atoms with Crippen molar-refractivity contribution >= 4 is 23.7 Å². The third-order valence-electron chi connectivity index (χ3n) is 4.41. The van der Waals surface area contributed by atoms with Crippen molar-refractivity contribution in [2.75, 3.05) is 20.3 Å². The van der Waals surface area contributed by atoms with Gasteiger partial charge in [-0.25, -0.2) is 5.43 Å². The van der Waals surface area contributed by atoms with Crippen LogP contribution in [-0.4, -0.2) is 32.4 Å². The monoisotopic (exact) mass is 468 g/mol. The quantitative estimate of drug-likeness (QED) is 0.321. The van der Waals surface area contributed by atoms with Crippen LogP contribution < -0.4 is 24.4 Å². The molecule has 1 amide bonds. The fourth-order valence-corrected chi connectivity index (χ4v) is 2.95. The van der Waals surface area contributed by atoms with E-state index >= 15 is 0 Å². The number of nitrogens with zero attached hydrogens (tertiary/aromatic N) is 1. The van der Waals surface area contributed by atoms with Crippen molar-refractivity contribution in [2.24, 2.45) is 5.10 Å². The number of benzene rings is 3. The summed E-state index contributed by atoms with van der Waals surface area (Å²) in [4.78, 5) is 12.0. The zero-order valence-electron chi connectivity index (χ0n) is 18.4. The predicted octanol–water partition coefficient (Wildman–Crippen LogP) is 4.86. The first-order chi connectivity index (χ1) is 16.1. The lowest BCUT2D eigenvalue weighted by molar-refractivity contribution is -0.123. The van der Waals surface area contributed by atoms with E-state index in [0.29, 0.717) is 41.2 Å². The number of carbonyl (C=O) groups excluding carboxylic acids is 1. The molecule has 33 heavy (non-hydrogen) atoms.